The maximum absolute atomic E-state index is 12.2. The van der Waals surface area contributed by atoms with Gasteiger partial charge < -0.3 is 10.1 Å². The zero-order valence-corrected chi connectivity index (χ0v) is 11.7. The molecule has 1 saturated heterocycles. The number of pyridine rings is 1. The van der Waals surface area contributed by atoms with Crippen molar-refractivity contribution < 1.29 is 9.53 Å². The highest BCUT2D eigenvalue weighted by atomic mass is 16.5. The summed E-state index contributed by atoms with van der Waals surface area (Å²) in [5, 5.41) is 8.24. The standard InChI is InChI=1S/C14H18N4O2/c1-9-12-7-11(8-15-13(12)18(2)17-9)16-14(19)10-3-5-20-6-4-10/h7-8,10H,3-6H2,1-2H3,(H,16,19). The smallest absolute Gasteiger partial charge is 0.227 e. The molecular weight excluding hydrogens is 256 g/mol. The Morgan fingerprint density at radius 2 is 2.20 bits per heavy atom. The molecule has 0 radical (unpaired) electrons. The van der Waals surface area contributed by atoms with Gasteiger partial charge in [-0.3, -0.25) is 9.48 Å². The Hall–Kier alpha value is -1.95. The zero-order chi connectivity index (χ0) is 14.1. The van der Waals surface area contributed by atoms with Crippen LogP contribution in [0, 0.1) is 12.8 Å². The van der Waals surface area contributed by atoms with Crippen molar-refractivity contribution in [2.75, 3.05) is 18.5 Å². The van der Waals surface area contributed by atoms with Gasteiger partial charge in [-0.05, 0) is 25.8 Å². The zero-order valence-electron chi connectivity index (χ0n) is 11.7. The lowest BCUT2D eigenvalue weighted by Crippen LogP contribution is -2.28. The van der Waals surface area contributed by atoms with Crippen LogP contribution < -0.4 is 5.32 Å². The molecule has 6 heteroatoms. The lowest BCUT2D eigenvalue weighted by atomic mass is 9.99. The first-order valence-corrected chi connectivity index (χ1v) is 6.83. The number of fused-ring (bicyclic) bond motifs is 1. The van der Waals surface area contributed by atoms with E-state index in [1.807, 2.05) is 20.0 Å². The quantitative estimate of drug-likeness (QED) is 0.904. The fraction of sp³-hybridized carbons (Fsp3) is 0.500. The Morgan fingerprint density at radius 3 is 2.95 bits per heavy atom. The van der Waals surface area contributed by atoms with Crippen molar-refractivity contribution >= 4 is 22.6 Å². The van der Waals surface area contributed by atoms with Crippen molar-refractivity contribution in [1.29, 1.82) is 0 Å². The minimum atomic E-state index is 0.0365. The predicted molar refractivity (Wildman–Crippen MR) is 75.4 cm³/mol. The number of hydrogen-bond donors (Lipinski definition) is 1. The molecule has 106 valence electrons. The lowest BCUT2D eigenvalue weighted by molar-refractivity contribution is -0.122. The van der Waals surface area contributed by atoms with Gasteiger partial charge in [-0.15, -0.1) is 0 Å². The fourth-order valence-electron chi connectivity index (χ4n) is 2.58. The van der Waals surface area contributed by atoms with Crippen LogP contribution in [0.2, 0.25) is 0 Å². The van der Waals surface area contributed by atoms with Crippen LogP contribution in [0.5, 0.6) is 0 Å². The van der Waals surface area contributed by atoms with Gasteiger partial charge in [0.15, 0.2) is 5.65 Å². The molecule has 0 aromatic carbocycles. The maximum atomic E-state index is 12.2. The van der Waals surface area contributed by atoms with E-state index in [0.717, 1.165) is 35.3 Å². The van der Waals surface area contributed by atoms with Crippen LogP contribution in [0.25, 0.3) is 11.0 Å². The van der Waals surface area contributed by atoms with Crippen molar-refractivity contribution in [3.8, 4) is 0 Å². The van der Waals surface area contributed by atoms with E-state index in [1.165, 1.54) is 0 Å². The number of anilines is 1. The molecular formula is C14H18N4O2. The minimum absolute atomic E-state index is 0.0365. The third-order valence-electron chi connectivity index (χ3n) is 3.72. The average Bonchev–Trinajstić information content (AvgIpc) is 2.75. The summed E-state index contributed by atoms with van der Waals surface area (Å²) in [6.45, 7) is 3.27. The molecule has 0 bridgehead atoms. The van der Waals surface area contributed by atoms with E-state index in [9.17, 15) is 4.79 Å². The number of hydrogen-bond acceptors (Lipinski definition) is 4. The SMILES string of the molecule is Cc1nn(C)c2ncc(NC(=O)C3CCOCC3)cc12. The Labute approximate surface area is 117 Å². The van der Waals surface area contributed by atoms with E-state index in [4.69, 9.17) is 4.74 Å². The number of amides is 1. The van der Waals surface area contributed by atoms with Gasteiger partial charge in [-0.2, -0.15) is 5.10 Å². The van der Waals surface area contributed by atoms with Gasteiger partial charge in [0.05, 0.1) is 17.6 Å². The first kappa shape index (κ1) is 13.1. The van der Waals surface area contributed by atoms with Crippen LogP contribution in [0.4, 0.5) is 5.69 Å². The summed E-state index contributed by atoms with van der Waals surface area (Å²) in [5.74, 6) is 0.0884. The third kappa shape index (κ3) is 2.38. The summed E-state index contributed by atoms with van der Waals surface area (Å²) in [5.41, 5.74) is 2.47. The van der Waals surface area contributed by atoms with Crippen LogP contribution in [-0.2, 0) is 16.6 Å². The van der Waals surface area contributed by atoms with E-state index in [1.54, 1.807) is 10.9 Å². The van der Waals surface area contributed by atoms with Crippen molar-refractivity contribution in [2.24, 2.45) is 13.0 Å². The molecule has 2 aromatic rings. The van der Waals surface area contributed by atoms with Crippen LogP contribution >= 0.6 is 0 Å². The highest BCUT2D eigenvalue weighted by Gasteiger charge is 2.21. The molecule has 0 saturated carbocycles. The molecule has 1 aliphatic heterocycles. The number of aromatic nitrogens is 3. The number of rotatable bonds is 2. The monoisotopic (exact) mass is 274 g/mol. The molecule has 1 N–H and O–H groups in total. The van der Waals surface area contributed by atoms with Gasteiger partial charge >= 0.3 is 0 Å². The van der Waals surface area contributed by atoms with Crippen LogP contribution in [0.1, 0.15) is 18.5 Å². The van der Waals surface area contributed by atoms with E-state index in [2.05, 4.69) is 15.4 Å². The van der Waals surface area contributed by atoms with Gasteiger partial charge in [-0.1, -0.05) is 0 Å². The molecule has 1 fully saturated rings. The van der Waals surface area contributed by atoms with Crippen molar-refractivity contribution in [2.45, 2.75) is 19.8 Å². The second-order valence-corrected chi connectivity index (χ2v) is 5.18. The van der Waals surface area contributed by atoms with Crippen LogP contribution in [0.15, 0.2) is 12.3 Å². The molecule has 0 unspecified atom stereocenters. The number of nitrogens with zero attached hydrogens (tertiary/aromatic N) is 3. The van der Waals surface area contributed by atoms with Gasteiger partial charge in [0.2, 0.25) is 5.91 Å². The Balaban J connectivity index is 1.80. The van der Waals surface area contributed by atoms with Crippen molar-refractivity contribution in [3.05, 3.63) is 18.0 Å². The first-order chi connectivity index (χ1) is 9.65. The number of ether oxygens (including phenoxy) is 1. The number of carbonyl (C=O) groups excluding carboxylic acids is 1. The first-order valence-electron chi connectivity index (χ1n) is 6.83. The van der Waals surface area contributed by atoms with E-state index in [0.29, 0.717) is 13.2 Å². The summed E-state index contributed by atoms with van der Waals surface area (Å²) in [7, 11) is 1.86. The topological polar surface area (TPSA) is 69.0 Å². The third-order valence-corrected chi connectivity index (χ3v) is 3.72. The highest BCUT2D eigenvalue weighted by Crippen LogP contribution is 2.21. The number of nitrogens with one attached hydrogen (secondary N) is 1. The van der Waals surface area contributed by atoms with E-state index in [-0.39, 0.29) is 11.8 Å². The Kier molecular flexibility index (Phi) is 3.40. The van der Waals surface area contributed by atoms with Crippen LogP contribution in [-0.4, -0.2) is 33.9 Å². The minimum Gasteiger partial charge on any atom is -0.381 e. The van der Waals surface area contributed by atoms with Gasteiger partial charge in [-0.25, -0.2) is 4.98 Å². The molecule has 6 nitrogen and oxygen atoms in total. The summed E-state index contributed by atoms with van der Waals surface area (Å²) in [6.07, 6.45) is 3.25. The second-order valence-electron chi connectivity index (χ2n) is 5.18. The van der Waals surface area contributed by atoms with Crippen LogP contribution in [0.3, 0.4) is 0 Å². The van der Waals surface area contributed by atoms with Gasteiger partial charge in [0.1, 0.15) is 0 Å². The molecule has 3 rings (SSSR count). The van der Waals surface area contributed by atoms with Gasteiger partial charge in [0, 0.05) is 31.6 Å². The molecule has 0 spiro atoms. The Bertz CT molecular complexity index is 644. The molecule has 20 heavy (non-hydrogen) atoms. The summed E-state index contributed by atoms with van der Waals surface area (Å²) < 4.78 is 7.02. The van der Waals surface area contributed by atoms with E-state index < -0.39 is 0 Å². The summed E-state index contributed by atoms with van der Waals surface area (Å²) in [4.78, 5) is 16.5. The van der Waals surface area contributed by atoms with Crippen molar-refractivity contribution in [3.63, 3.8) is 0 Å². The average molecular weight is 274 g/mol. The van der Waals surface area contributed by atoms with E-state index >= 15 is 0 Å². The van der Waals surface area contributed by atoms with Crippen molar-refractivity contribution in [1.82, 2.24) is 14.8 Å². The largest absolute Gasteiger partial charge is 0.381 e. The molecule has 0 atom stereocenters. The highest BCUT2D eigenvalue weighted by molar-refractivity contribution is 5.94. The molecule has 3 heterocycles. The molecule has 0 aliphatic carbocycles. The molecule has 1 aliphatic rings. The molecule has 2 aromatic heterocycles. The van der Waals surface area contributed by atoms with Gasteiger partial charge in [0.25, 0.3) is 0 Å². The molecule has 1 amide bonds. The maximum Gasteiger partial charge on any atom is 0.227 e. The predicted octanol–water partition coefficient (Wildman–Crippen LogP) is 1.64. The summed E-state index contributed by atoms with van der Waals surface area (Å²) >= 11 is 0. The normalized spacial score (nSPS) is 16.5. The fourth-order valence-corrected chi connectivity index (χ4v) is 2.58. The Morgan fingerprint density at radius 1 is 1.45 bits per heavy atom. The summed E-state index contributed by atoms with van der Waals surface area (Å²) in [6, 6.07) is 1.93. The second kappa shape index (κ2) is 5.20. The lowest BCUT2D eigenvalue weighted by Gasteiger charge is -2.21. The number of aryl methyl sites for hydroxylation is 2. The number of carbonyl (C=O) groups is 1.